The minimum Gasteiger partial charge on any atom is -0.496 e. The van der Waals surface area contributed by atoms with Crippen LogP contribution in [0.15, 0.2) is 78.9 Å². The number of nitrogens with zero attached hydrogens (tertiary/aromatic N) is 6. The van der Waals surface area contributed by atoms with Gasteiger partial charge < -0.3 is 9.47 Å². The highest BCUT2D eigenvalue weighted by molar-refractivity contribution is 5.66. The Morgan fingerprint density at radius 3 is 2.27 bits per heavy atom. The van der Waals surface area contributed by atoms with Crippen LogP contribution in [0, 0.1) is 0 Å². The van der Waals surface area contributed by atoms with Gasteiger partial charge in [0.25, 0.3) is 5.82 Å². The van der Waals surface area contributed by atoms with Crippen molar-refractivity contribution in [3.05, 3.63) is 101 Å². The summed E-state index contributed by atoms with van der Waals surface area (Å²) >= 11 is 0. The molecule has 0 spiro atoms. The SMILES string of the molecule is COc1ccc(-n2nnnc2C(F)(F)F)cc1CN1C[C@@H]2C[C@H](OC(C)=O)CN2[C@H](C(c2ccccc2)c2ccccc2)C1. The molecule has 44 heavy (non-hydrogen) atoms. The second-order valence-electron chi connectivity index (χ2n) is 11.3. The number of carbonyl (C=O) groups is 1. The lowest BCUT2D eigenvalue weighted by atomic mass is 9.82. The molecule has 0 N–H and O–H groups in total. The quantitative estimate of drug-likeness (QED) is 0.267. The van der Waals surface area contributed by atoms with Crippen LogP contribution in [0.3, 0.4) is 0 Å². The Morgan fingerprint density at radius 1 is 0.977 bits per heavy atom. The van der Waals surface area contributed by atoms with E-state index in [2.05, 4.69) is 49.6 Å². The van der Waals surface area contributed by atoms with Gasteiger partial charge in [0.15, 0.2) is 0 Å². The molecule has 3 atom stereocenters. The molecule has 2 aliphatic rings. The van der Waals surface area contributed by atoms with E-state index in [1.54, 1.807) is 19.2 Å². The Kier molecular flexibility index (Phi) is 8.37. The molecule has 0 unspecified atom stereocenters. The zero-order valence-corrected chi connectivity index (χ0v) is 24.4. The standard InChI is InChI=1S/C32H33F3N6O3/c1-21(42)44-27-16-26-18-39(17-24-15-25(13-14-29(24)43-2)41-31(32(33,34)35)36-37-38-41)20-28(40(26)19-27)30(22-9-5-3-6-10-22)23-11-7-4-8-12-23/h3-15,26-28,30H,16-20H2,1-2H3/t26-,27-,28-/m0/s1. The summed E-state index contributed by atoms with van der Waals surface area (Å²) in [6.07, 6.45) is -4.23. The molecule has 3 aromatic carbocycles. The molecule has 2 fully saturated rings. The van der Waals surface area contributed by atoms with Gasteiger partial charge in [-0.2, -0.15) is 17.9 Å². The van der Waals surface area contributed by atoms with Crippen LogP contribution in [0.1, 0.15) is 41.8 Å². The molecule has 1 aromatic heterocycles. The number of esters is 1. The highest BCUT2D eigenvalue weighted by Gasteiger charge is 2.46. The van der Waals surface area contributed by atoms with E-state index in [0.717, 1.165) is 0 Å². The van der Waals surface area contributed by atoms with Gasteiger partial charge in [-0.3, -0.25) is 14.6 Å². The first-order valence-corrected chi connectivity index (χ1v) is 14.5. The van der Waals surface area contributed by atoms with Gasteiger partial charge in [0.1, 0.15) is 11.9 Å². The minimum absolute atomic E-state index is 0.0302. The zero-order valence-electron chi connectivity index (χ0n) is 24.4. The monoisotopic (exact) mass is 606 g/mol. The zero-order chi connectivity index (χ0) is 30.8. The summed E-state index contributed by atoms with van der Waals surface area (Å²) in [6.45, 7) is 3.86. The largest absolute Gasteiger partial charge is 0.496 e. The van der Waals surface area contributed by atoms with Crippen LogP contribution < -0.4 is 4.74 Å². The summed E-state index contributed by atoms with van der Waals surface area (Å²) in [4.78, 5) is 16.7. The number of methoxy groups -OCH3 is 1. The van der Waals surface area contributed by atoms with Gasteiger partial charge in [0.05, 0.1) is 12.8 Å². The Bertz CT molecular complexity index is 1540. The number of fused-ring (bicyclic) bond motifs is 1. The van der Waals surface area contributed by atoms with Crippen LogP contribution >= 0.6 is 0 Å². The lowest BCUT2D eigenvalue weighted by Crippen LogP contribution is -2.58. The molecule has 9 nitrogen and oxygen atoms in total. The van der Waals surface area contributed by atoms with Gasteiger partial charge >= 0.3 is 12.1 Å². The number of alkyl halides is 3. The van der Waals surface area contributed by atoms with E-state index in [1.165, 1.54) is 24.1 Å². The van der Waals surface area contributed by atoms with Gasteiger partial charge in [-0.1, -0.05) is 60.7 Å². The number of hydrogen-bond acceptors (Lipinski definition) is 8. The molecule has 12 heteroatoms. The third-order valence-corrected chi connectivity index (χ3v) is 8.42. The van der Waals surface area contributed by atoms with Crippen LogP contribution in [0.25, 0.3) is 5.69 Å². The van der Waals surface area contributed by atoms with Crippen molar-refractivity contribution in [2.75, 3.05) is 26.7 Å². The fourth-order valence-corrected chi connectivity index (χ4v) is 6.73. The molecule has 0 radical (unpaired) electrons. The van der Waals surface area contributed by atoms with Crippen molar-refractivity contribution < 1.29 is 27.4 Å². The van der Waals surface area contributed by atoms with E-state index in [1.807, 2.05) is 36.4 Å². The van der Waals surface area contributed by atoms with Gasteiger partial charge in [-0.05, 0) is 39.8 Å². The van der Waals surface area contributed by atoms with E-state index < -0.39 is 12.0 Å². The van der Waals surface area contributed by atoms with Gasteiger partial charge in [0.2, 0.25) is 0 Å². The van der Waals surface area contributed by atoms with Crippen molar-refractivity contribution in [3.63, 3.8) is 0 Å². The molecule has 230 valence electrons. The van der Waals surface area contributed by atoms with E-state index in [9.17, 15) is 18.0 Å². The molecular weight excluding hydrogens is 573 g/mol. The number of tetrazole rings is 1. The maximum atomic E-state index is 13.6. The Hall–Kier alpha value is -4.29. The van der Waals surface area contributed by atoms with Crippen molar-refractivity contribution in [1.29, 1.82) is 0 Å². The first-order chi connectivity index (χ1) is 21.2. The van der Waals surface area contributed by atoms with Crippen molar-refractivity contribution in [3.8, 4) is 11.4 Å². The first-order valence-electron chi connectivity index (χ1n) is 14.5. The average molecular weight is 607 g/mol. The lowest BCUT2D eigenvalue weighted by molar-refractivity contribution is -0.147. The maximum Gasteiger partial charge on any atom is 0.453 e. The van der Waals surface area contributed by atoms with Crippen LogP contribution in [-0.2, 0) is 22.3 Å². The predicted molar refractivity (Wildman–Crippen MR) is 155 cm³/mol. The molecule has 0 bridgehead atoms. The fraction of sp³-hybridized carbons (Fsp3) is 0.375. The fourth-order valence-electron chi connectivity index (χ4n) is 6.73. The molecule has 6 rings (SSSR count). The van der Waals surface area contributed by atoms with E-state index in [-0.39, 0.29) is 35.8 Å². The number of carbonyl (C=O) groups excluding carboxylic acids is 1. The third-order valence-electron chi connectivity index (χ3n) is 8.42. The highest BCUT2D eigenvalue weighted by atomic mass is 19.4. The normalized spacial score (nSPS) is 20.9. The van der Waals surface area contributed by atoms with Gasteiger partial charge in [-0.15, -0.1) is 5.10 Å². The minimum atomic E-state index is -4.71. The number of ether oxygens (including phenoxy) is 2. The Balaban J connectivity index is 1.36. The summed E-state index contributed by atoms with van der Waals surface area (Å²) in [7, 11) is 1.54. The number of hydrogen-bond donors (Lipinski definition) is 0. The maximum absolute atomic E-state index is 13.6. The van der Waals surface area contributed by atoms with Crippen molar-refractivity contribution in [2.24, 2.45) is 0 Å². The van der Waals surface area contributed by atoms with Crippen molar-refractivity contribution >= 4 is 5.97 Å². The van der Waals surface area contributed by atoms with Crippen LogP contribution in [-0.4, -0.2) is 80.9 Å². The summed E-state index contributed by atoms with van der Waals surface area (Å²) < 4.78 is 52.8. The van der Waals surface area contributed by atoms with Crippen LogP contribution in [0.4, 0.5) is 13.2 Å². The number of aromatic nitrogens is 4. The topological polar surface area (TPSA) is 85.6 Å². The molecule has 0 aliphatic carbocycles. The molecule has 0 amide bonds. The number of benzene rings is 3. The first kappa shape index (κ1) is 29.8. The van der Waals surface area contributed by atoms with Crippen LogP contribution in [0.5, 0.6) is 5.75 Å². The van der Waals surface area contributed by atoms with Crippen molar-refractivity contribution in [2.45, 2.75) is 50.2 Å². The molecule has 3 heterocycles. The molecule has 4 aromatic rings. The molecule has 2 saturated heterocycles. The second-order valence-corrected chi connectivity index (χ2v) is 11.3. The number of piperazine rings is 1. The highest BCUT2D eigenvalue weighted by Crippen LogP contribution is 2.39. The third kappa shape index (κ3) is 6.18. The number of halogens is 3. The van der Waals surface area contributed by atoms with E-state index in [0.29, 0.717) is 48.6 Å². The average Bonchev–Trinajstić information content (AvgIpc) is 3.66. The summed E-state index contributed by atoms with van der Waals surface area (Å²) in [5, 5.41) is 10.1. The van der Waals surface area contributed by atoms with Crippen LogP contribution in [0.2, 0.25) is 0 Å². The summed E-state index contributed by atoms with van der Waals surface area (Å²) in [6, 6.07) is 25.7. The smallest absolute Gasteiger partial charge is 0.453 e. The lowest BCUT2D eigenvalue weighted by Gasteiger charge is -2.47. The van der Waals surface area contributed by atoms with Crippen molar-refractivity contribution in [1.82, 2.24) is 30.0 Å². The second kappa shape index (κ2) is 12.4. The molecule has 0 saturated carbocycles. The van der Waals surface area contributed by atoms with E-state index in [4.69, 9.17) is 9.47 Å². The summed E-state index contributed by atoms with van der Waals surface area (Å²) in [5.74, 6) is -0.907. The Labute approximate surface area is 253 Å². The van der Waals surface area contributed by atoms with E-state index >= 15 is 0 Å². The Morgan fingerprint density at radius 2 is 1.66 bits per heavy atom. The molecule has 2 aliphatic heterocycles. The predicted octanol–water partition coefficient (Wildman–Crippen LogP) is 4.71. The van der Waals surface area contributed by atoms with Gasteiger partial charge in [-0.25, -0.2) is 0 Å². The van der Waals surface area contributed by atoms with Gasteiger partial charge in [0, 0.05) is 63.1 Å². The molecular formula is C32H33F3N6O3. The number of rotatable bonds is 8. The summed E-state index contributed by atoms with van der Waals surface area (Å²) in [5.41, 5.74) is 3.26.